The summed E-state index contributed by atoms with van der Waals surface area (Å²) in [6.45, 7) is 1.92. The topological polar surface area (TPSA) is 107 Å². The zero-order valence-corrected chi connectivity index (χ0v) is 14.7. The van der Waals surface area contributed by atoms with Gasteiger partial charge in [-0.3, -0.25) is 0 Å². The highest BCUT2D eigenvalue weighted by Crippen LogP contribution is 2.30. The Morgan fingerprint density at radius 1 is 1.19 bits per heavy atom. The first-order valence-electron chi connectivity index (χ1n) is 8.46. The fourth-order valence-corrected chi connectivity index (χ4v) is 3.10. The van der Waals surface area contributed by atoms with Gasteiger partial charge in [-0.05, 0) is 37.3 Å². The second-order valence-electron chi connectivity index (χ2n) is 6.40. The standard InChI is InChI=1S/C18H16N8O/c1-10-7-8-26(23-10)18-16(19-13-5-6-15(27)20-17(13)21-18)11-3-4-12-14(9-11)25(2)24-22-12/h3-9,15,27H,1-2H3,(H,20,21). The van der Waals surface area contributed by atoms with Crippen LogP contribution in [0.2, 0.25) is 0 Å². The lowest BCUT2D eigenvalue weighted by Crippen LogP contribution is -2.22. The van der Waals surface area contributed by atoms with Gasteiger partial charge in [0.1, 0.15) is 23.1 Å². The van der Waals surface area contributed by atoms with Gasteiger partial charge in [-0.15, -0.1) is 5.10 Å². The minimum atomic E-state index is -0.790. The number of benzene rings is 1. The van der Waals surface area contributed by atoms with Crippen LogP contribution in [0.1, 0.15) is 11.4 Å². The fraction of sp³-hybridized carbons (Fsp3) is 0.167. The highest BCUT2D eigenvalue weighted by molar-refractivity contribution is 5.83. The van der Waals surface area contributed by atoms with Gasteiger partial charge in [0, 0.05) is 18.8 Å². The van der Waals surface area contributed by atoms with E-state index < -0.39 is 6.23 Å². The maximum atomic E-state index is 9.83. The molecule has 0 bridgehead atoms. The number of aliphatic hydroxyl groups excluding tert-OH is 1. The van der Waals surface area contributed by atoms with Crippen molar-refractivity contribution in [3.8, 4) is 17.1 Å². The molecule has 0 amide bonds. The van der Waals surface area contributed by atoms with Crippen molar-refractivity contribution in [3.05, 3.63) is 47.9 Å². The van der Waals surface area contributed by atoms with E-state index in [1.165, 1.54) is 0 Å². The van der Waals surface area contributed by atoms with E-state index >= 15 is 0 Å². The van der Waals surface area contributed by atoms with Crippen molar-refractivity contribution in [1.82, 2.24) is 34.7 Å². The molecule has 2 N–H and O–H groups in total. The number of hydrogen-bond acceptors (Lipinski definition) is 7. The van der Waals surface area contributed by atoms with Crippen molar-refractivity contribution in [2.45, 2.75) is 13.2 Å². The van der Waals surface area contributed by atoms with Crippen LogP contribution in [-0.2, 0) is 7.05 Å². The normalized spacial score (nSPS) is 15.7. The van der Waals surface area contributed by atoms with E-state index in [1.54, 1.807) is 21.5 Å². The molecule has 0 saturated carbocycles. The molecule has 0 radical (unpaired) electrons. The van der Waals surface area contributed by atoms with E-state index in [4.69, 9.17) is 9.97 Å². The average molecular weight is 360 g/mol. The molecule has 1 aliphatic rings. The van der Waals surface area contributed by atoms with E-state index in [2.05, 4.69) is 20.7 Å². The number of rotatable bonds is 2. The van der Waals surface area contributed by atoms with E-state index in [0.717, 1.165) is 22.3 Å². The molecule has 3 aromatic heterocycles. The van der Waals surface area contributed by atoms with E-state index in [9.17, 15) is 5.11 Å². The first-order valence-corrected chi connectivity index (χ1v) is 8.46. The Balaban J connectivity index is 1.76. The molecule has 27 heavy (non-hydrogen) atoms. The third-order valence-electron chi connectivity index (χ3n) is 4.45. The number of hydrogen-bond donors (Lipinski definition) is 2. The van der Waals surface area contributed by atoms with Crippen LogP contribution in [0.5, 0.6) is 0 Å². The summed E-state index contributed by atoms with van der Waals surface area (Å²) in [5.74, 6) is 1.09. The minimum Gasteiger partial charge on any atom is -0.370 e. The van der Waals surface area contributed by atoms with E-state index in [0.29, 0.717) is 23.0 Å². The van der Waals surface area contributed by atoms with Crippen molar-refractivity contribution in [1.29, 1.82) is 0 Å². The molecule has 0 aliphatic carbocycles. The smallest absolute Gasteiger partial charge is 0.182 e. The van der Waals surface area contributed by atoms with Gasteiger partial charge in [0.05, 0.1) is 11.2 Å². The van der Waals surface area contributed by atoms with E-state index in [-0.39, 0.29) is 0 Å². The predicted molar refractivity (Wildman–Crippen MR) is 100 cm³/mol. The van der Waals surface area contributed by atoms with E-state index in [1.807, 2.05) is 44.4 Å². The third-order valence-corrected chi connectivity index (χ3v) is 4.45. The Hall–Kier alpha value is -3.59. The quantitative estimate of drug-likeness (QED) is 0.560. The van der Waals surface area contributed by atoms with Gasteiger partial charge in [0.25, 0.3) is 0 Å². The number of nitrogens with one attached hydrogen (secondary N) is 1. The summed E-state index contributed by atoms with van der Waals surface area (Å²) in [4.78, 5) is 9.48. The van der Waals surface area contributed by atoms with Gasteiger partial charge in [-0.1, -0.05) is 11.3 Å². The Labute approximate surface area is 154 Å². The summed E-state index contributed by atoms with van der Waals surface area (Å²) in [5.41, 5.74) is 4.81. The predicted octanol–water partition coefficient (Wildman–Crippen LogP) is 1.68. The van der Waals surface area contributed by atoms with Crippen LogP contribution in [0.25, 0.3) is 34.2 Å². The second-order valence-corrected chi connectivity index (χ2v) is 6.40. The number of aromatic nitrogens is 7. The van der Waals surface area contributed by atoms with Crippen molar-refractivity contribution < 1.29 is 5.11 Å². The molecule has 1 aromatic carbocycles. The lowest BCUT2D eigenvalue weighted by Gasteiger charge is -2.19. The van der Waals surface area contributed by atoms with Gasteiger partial charge in [0.2, 0.25) is 0 Å². The Kier molecular flexibility index (Phi) is 3.31. The van der Waals surface area contributed by atoms with Crippen LogP contribution in [0.15, 0.2) is 36.5 Å². The molecular formula is C18H16N8O. The minimum absolute atomic E-state index is 0.514. The zero-order chi connectivity index (χ0) is 18.5. The number of aliphatic hydroxyl groups is 1. The Morgan fingerprint density at radius 2 is 2.07 bits per heavy atom. The number of nitrogens with zero attached hydrogens (tertiary/aromatic N) is 7. The molecule has 134 valence electrons. The molecule has 1 unspecified atom stereocenters. The fourth-order valence-electron chi connectivity index (χ4n) is 3.10. The maximum absolute atomic E-state index is 9.83. The highest BCUT2D eigenvalue weighted by Gasteiger charge is 2.20. The molecule has 9 nitrogen and oxygen atoms in total. The molecule has 0 saturated heterocycles. The first-order chi connectivity index (χ1) is 13.1. The second kappa shape index (κ2) is 5.71. The zero-order valence-electron chi connectivity index (χ0n) is 14.7. The molecule has 4 heterocycles. The molecule has 1 aliphatic heterocycles. The maximum Gasteiger partial charge on any atom is 0.182 e. The Morgan fingerprint density at radius 3 is 2.89 bits per heavy atom. The van der Waals surface area contributed by atoms with Crippen molar-refractivity contribution >= 4 is 22.9 Å². The summed E-state index contributed by atoms with van der Waals surface area (Å²) in [5, 5.41) is 25.4. The molecule has 1 atom stereocenters. The third kappa shape index (κ3) is 2.56. The average Bonchev–Trinajstić information content (AvgIpc) is 3.26. The summed E-state index contributed by atoms with van der Waals surface area (Å²) in [6, 6.07) is 7.75. The van der Waals surface area contributed by atoms with Crippen molar-refractivity contribution in [2.75, 3.05) is 5.32 Å². The summed E-state index contributed by atoms with van der Waals surface area (Å²) >= 11 is 0. The largest absolute Gasteiger partial charge is 0.370 e. The molecule has 0 fully saturated rings. The molecule has 9 heteroatoms. The van der Waals surface area contributed by atoms with Crippen LogP contribution >= 0.6 is 0 Å². The first kappa shape index (κ1) is 15.6. The van der Waals surface area contributed by atoms with Crippen molar-refractivity contribution in [2.24, 2.45) is 7.05 Å². The molecule has 0 spiro atoms. The molecule has 5 rings (SSSR count). The summed E-state index contributed by atoms with van der Waals surface area (Å²) < 4.78 is 3.41. The molecule has 4 aromatic rings. The summed E-state index contributed by atoms with van der Waals surface area (Å²) in [6.07, 6.45) is 4.44. The van der Waals surface area contributed by atoms with Crippen molar-refractivity contribution in [3.63, 3.8) is 0 Å². The molecular weight excluding hydrogens is 344 g/mol. The lowest BCUT2D eigenvalue weighted by atomic mass is 10.1. The van der Waals surface area contributed by atoms with Gasteiger partial charge in [-0.2, -0.15) is 5.10 Å². The number of anilines is 1. The number of fused-ring (bicyclic) bond motifs is 2. The van der Waals surface area contributed by atoms with Crippen LogP contribution in [-0.4, -0.2) is 46.1 Å². The van der Waals surface area contributed by atoms with Gasteiger partial charge >= 0.3 is 0 Å². The Bertz CT molecular complexity index is 1210. The highest BCUT2D eigenvalue weighted by atomic mass is 16.3. The monoisotopic (exact) mass is 360 g/mol. The lowest BCUT2D eigenvalue weighted by molar-refractivity contribution is 0.251. The van der Waals surface area contributed by atoms with Crippen LogP contribution in [0.3, 0.4) is 0 Å². The SMILES string of the molecule is Cc1ccn(-c2nc3c(nc2-c2ccc4nnn(C)c4c2)C=CC(O)N3)n1. The van der Waals surface area contributed by atoms with Crippen LogP contribution in [0, 0.1) is 6.92 Å². The van der Waals surface area contributed by atoms with Gasteiger partial charge in [0.15, 0.2) is 11.6 Å². The number of aryl methyl sites for hydroxylation is 2. The summed E-state index contributed by atoms with van der Waals surface area (Å²) in [7, 11) is 1.85. The van der Waals surface area contributed by atoms with Crippen LogP contribution < -0.4 is 5.32 Å². The van der Waals surface area contributed by atoms with Gasteiger partial charge < -0.3 is 10.4 Å². The van der Waals surface area contributed by atoms with Gasteiger partial charge in [-0.25, -0.2) is 19.3 Å². The van der Waals surface area contributed by atoms with Crippen LogP contribution in [0.4, 0.5) is 5.82 Å².